The van der Waals surface area contributed by atoms with Gasteiger partial charge in [-0.1, -0.05) is 18.2 Å². The largest absolute Gasteiger partial charge is 0.324 e. The van der Waals surface area contributed by atoms with Crippen LogP contribution in [0.1, 0.15) is 17.6 Å². The smallest absolute Gasteiger partial charge is 0.231 e. The van der Waals surface area contributed by atoms with Crippen LogP contribution in [0.25, 0.3) is 10.9 Å². The quantitative estimate of drug-likeness (QED) is 0.787. The molecule has 0 saturated heterocycles. The van der Waals surface area contributed by atoms with Crippen LogP contribution in [0.2, 0.25) is 0 Å². The highest BCUT2D eigenvalue weighted by Crippen LogP contribution is 2.17. The van der Waals surface area contributed by atoms with Crippen LogP contribution in [-0.2, 0) is 4.79 Å². The molecule has 1 amide bonds. The number of hydrogen-bond donors (Lipinski definition) is 1. The number of nitrogens with one attached hydrogen (secondary N) is 1. The first-order chi connectivity index (χ1) is 11.5. The van der Waals surface area contributed by atoms with Crippen molar-refractivity contribution in [2.24, 2.45) is 0 Å². The third kappa shape index (κ3) is 3.32. The molecule has 0 aliphatic carbocycles. The molecule has 0 bridgehead atoms. The van der Waals surface area contributed by atoms with Crippen LogP contribution >= 0.6 is 0 Å². The Labute approximate surface area is 136 Å². The van der Waals surface area contributed by atoms with Gasteiger partial charge in [0, 0.05) is 30.5 Å². The molecule has 6 heteroatoms. The Kier molecular flexibility index (Phi) is 4.37. The van der Waals surface area contributed by atoms with Gasteiger partial charge >= 0.3 is 0 Å². The molecule has 122 valence electrons. The average molecular weight is 328 g/mol. The molecule has 0 radical (unpaired) electrons. The van der Waals surface area contributed by atoms with Gasteiger partial charge in [0.05, 0.1) is 11.2 Å². The Morgan fingerprint density at radius 3 is 2.58 bits per heavy atom. The van der Waals surface area contributed by atoms with Crippen LogP contribution in [0.3, 0.4) is 0 Å². The molecule has 2 aromatic carbocycles. The number of anilines is 1. The Morgan fingerprint density at radius 2 is 1.79 bits per heavy atom. The van der Waals surface area contributed by atoms with E-state index in [4.69, 9.17) is 0 Å². The number of benzene rings is 2. The normalized spacial score (nSPS) is 10.8. The number of halogens is 2. The van der Waals surface area contributed by atoms with Crippen molar-refractivity contribution in [1.82, 2.24) is 4.57 Å². The van der Waals surface area contributed by atoms with Gasteiger partial charge in [0.25, 0.3) is 0 Å². The predicted octanol–water partition coefficient (Wildman–Crippen LogP) is 3.98. The van der Waals surface area contributed by atoms with Crippen molar-refractivity contribution in [2.45, 2.75) is 12.8 Å². The zero-order chi connectivity index (χ0) is 17.1. The minimum absolute atomic E-state index is 0.0205. The number of carbonyl (C=O) groups is 2. The van der Waals surface area contributed by atoms with E-state index in [-0.39, 0.29) is 24.4 Å². The Morgan fingerprint density at radius 1 is 1.00 bits per heavy atom. The summed E-state index contributed by atoms with van der Waals surface area (Å²) < 4.78 is 27.8. The van der Waals surface area contributed by atoms with Crippen molar-refractivity contribution < 1.29 is 18.4 Å². The number of amides is 1. The van der Waals surface area contributed by atoms with E-state index in [9.17, 15) is 18.4 Å². The van der Waals surface area contributed by atoms with Gasteiger partial charge in [-0.2, -0.15) is 0 Å². The highest BCUT2D eigenvalue weighted by Gasteiger charge is 2.13. The van der Waals surface area contributed by atoms with E-state index >= 15 is 0 Å². The van der Waals surface area contributed by atoms with Gasteiger partial charge in [0.15, 0.2) is 0 Å². The number of hydrogen-bond acceptors (Lipinski definition) is 2. The lowest BCUT2D eigenvalue weighted by Crippen LogP contribution is -2.17. The van der Waals surface area contributed by atoms with Crippen molar-refractivity contribution in [2.75, 3.05) is 5.32 Å². The minimum atomic E-state index is -0.855. The molecule has 24 heavy (non-hydrogen) atoms. The number of nitrogens with zero attached hydrogens (tertiary/aromatic N) is 1. The third-order valence-corrected chi connectivity index (χ3v) is 3.64. The molecule has 4 nitrogen and oxygen atoms in total. The van der Waals surface area contributed by atoms with Crippen LogP contribution < -0.4 is 5.32 Å². The molecule has 0 saturated carbocycles. The monoisotopic (exact) mass is 328 g/mol. The molecule has 1 aromatic heterocycles. The average Bonchev–Trinajstić information content (AvgIpc) is 2.99. The Bertz CT molecular complexity index is 918. The molecule has 0 atom stereocenters. The van der Waals surface area contributed by atoms with Gasteiger partial charge < -0.3 is 5.32 Å². The fourth-order valence-electron chi connectivity index (χ4n) is 2.44. The summed E-state index contributed by atoms with van der Waals surface area (Å²) in [6, 6.07) is 12.1. The zero-order valence-electron chi connectivity index (χ0n) is 12.6. The summed E-state index contributed by atoms with van der Waals surface area (Å²) in [4.78, 5) is 24.1. The van der Waals surface area contributed by atoms with Gasteiger partial charge in [-0.3, -0.25) is 14.2 Å². The van der Waals surface area contributed by atoms with Crippen molar-refractivity contribution >= 4 is 28.4 Å². The Hall–Kier alpha value is -3.02. The maximum absolute atomic E-state index is 13.5. The molecule has 3 rings (SSSR count). The molecule has 1 N–H and O–H groups in total. The summed E-state index contributed by atoms with van der Waals surface area (Å²) in [5.74, 6) is -2.32. The third-order valence-electron chi connectivity index (χ3n) is 3.64. The van der Waals surface area contributed by atoms with Gasteiger partial charge in [-0.15, -0.1) is 0 Å². The standard InChI is InChI=1S/C18H14F2N2O2/c19-13-5-6-15(14(20)11-13)21-17(23)7-8-18(24)22-10-9-12-3-1-2-4-16(12)22/h1-6,9-11H,7-8H2,(H,21,23). The van der Waals surface area contributed by atoms with Crippen LogP contribution in [-0.4, -0.2) is 16.4 Å². The Balaban J connectivity index is 1.62. The lowest BCUT2D eigenvalue weighted by atomic mass is 10.2. The first-order valence-corrected chi connectivity index (χ1v) is 7.39. The molecule has 0 aliphatic heterocycles. The highest BCUT2D eigenvalue weighted by molar-refractivity contribution is 5.96. The van der Waals surface area contributed by atoms with E-state index in [1.54, 1.807) is 6.20 Å². The van der Waals surface area contributed by atoms with Crippen molar-refractivity contribution in [1.29, 1.82) is 0 Å². The second-order valence-corrected chi connectivity index (χ2v) is 5.31. The van der Waals surface area contributed by atoms with E-state index in [1.807, 2.05) is 30.3 Å². The van der Waals surface area contributed by atoms with E-state index in [2.05, 4.69) is 5.32 Å². The maximum atomic E-state index is 13.5. The van der Waals surface area contributed by atoms with E-state index in [0.29, 0.717) is 6.07 Å². The van der Waals surface area contributed by atoms with Crippen molar-refractivity contribution in [3.8, 4) is 0 Å². The summed E-state index contributed by atoms with van der Waals surface area (Å²) >= 11 is 0. The zero-order valence-corrected chi connectivity index (χ0v) is 12.6. The van der Waals surface area contributed by atoms with Gasteiger partial charge in [-0.25, -0.2) is 8.78 Å². The fraction of sp³-hybridized carbons (Fsp3) is 0.111. The summed E-state index contributed by atoms with van der Waals surface area (Å²) in [7, 11) is 0. The number of carbonyl (C=O) groups excluding carboxylic acids is 2. The van der Waals surface area contributed by atoms with Crippen LogP contribution in [0.15, 0.2) is 54.7 Å². The molecular formula is C18H14F2N2O2. The highest BCUT2D eigenvalue weighted by atomic mass is 19.1. The van der Waals surface area contributed by atoms with Gasteiger partial charge in [0.1, 0.15) is 11.6 Å². The lowest BCUT2D eigenvalue weighted by Gasteiger charge is -2.07. The molecule has 1 heterocycles. The van der Waals surface area contributed by atoms with Crippen molar-refractivity contribution in [3.63, 3.8) is 0 Å². The van der Waals surface area contributed by atoms with Crippen molar-refractivity contribution in [3.05, 3.63) is 66.4 Å². The summed E-state index contributed by atoms with van der Waals surface area (Å²) in [6.07, 6.45) is 1.54. The van der Waals surface area contributed by atoms with Crippen LogP contribution in [0.4, 0.5) is 14.5 Å². The minimum Gasteiger partial charge on any atom is -0.324 e. The lowest BCUT2D eigenvalue weighted by molar-refractivity contribution is -0.116. The molecular weight excluding hydrogens is 314 g/mol. The molecule has 0 unspecified atom stereocenters. The maximum Gasteiger partial charge on any atom is 0.231 e. The topological polar surface area (TPSA) is 51.1 Å². The molecule has 0 fully saturated rings. The first-order valence-electron chi connectivity index (χ1n) is 7.39. The fourth-order valence-corrected chi connectivity index (χ4v) is 2.44. The van der Waals surface area contributed by atoms with Gasteiger partial charge in [0.2, 0.25) is 11.8 Å². The molecule has 3 aromatic rings. The summed E-state index contributed by atoms with van der Waals surface area (Å²) in [5.41, 5.74) is 0.660. The van der Waals surface area contributed by atoms with E-state index in [0.717, 1.165) is 23.0 Å². The van der Waals surface area contributed by atoms with Gasteiger partial charge in [-0.05, 0) is 24.3 Å². The number of aromatic nitrogens is 1. The first kappa shape index (κ1) is 15.9. The summed E-state index contributed by atoms with van der Waals surface area (Å²) in [6.45, 7) is 0. The SMILES string of the molecule is O=C(CCC(=O)n1ccc2ccccc21)Nc1ccc(F)cc1F. The predicted molar refractivity (Wildman–Crippen MR) is 86.8 cm³/mol. The summed E-state index contributed by atoms with van der Waals surface area (Å²) in [5, 5.41) is 3.27. The van der Waals surface area contributed by atoms with Crippen LogP contribution in [0.5, 0.6) is 0 Å². The second kappa shape index (κ2) is 6.62. The number of para-hydroxylation sites is 1. The second-order valence-electron chi connectivity index (χ2n) is 5.31. The van der Waals surface area contributed by atoms with Crippen LogP contribution in [0, 0.1) is 11.6 Å². The molecule has 0 spiro atoms. The number of fused-ring (bicyclic) bond motifs is 1. The molecule has 0 aliphatic rings. The van der Waals surface area contributed by atoms with E-state index in [1.165, 1.54) is 4.57 Å². The number of rotatable bonds is 4. The van der Waals surface area contributed by atoms with E-state index < -0.39 is 17.5 Å².